The van der Waals surface area contributed by atoms with E-state index < -0.39 is 0 Å². The number of thiophene rings is 1. The molecule has 8 rings (SSSR count). The van der Waals surface area contributed by atoms with Gasteiger partial charge in [0.1, 0.15) is 18.1 Å². The normalized spacial score (nSPS) is 17.3. The zero-order valence-electron chi connectivity index (χ0n) is 29.7. The maximum atomic E-state index is 6.29. The van der Waals surface area contributed by atoms with Crippen LogP contribution in [0.3, 0.4) is 0 Å². The van der Waals surface area contributed by atoms with E-state index in [2.05, 4.69) is 147 Å². The number of methoxy groups -OCH3 is 1. The van der Waals surface area contributed by atoms with Crippen LogP contribution in [0.25, 0.3) is 37.7 Å². The number of nitrogens with zero attached hydrogens (tertiary/aromatic N) is 1. The molecule has 6 aromatic rings. The first-order chi connectivity index (χ1) is 24.9. The fraction of sp³-hybridized carbons (Fsp3) is 0.217. The molecule has 3 nitrogen and oxygen atoms in total. The number of benzene rings is 5. The molecule has 1 aliphatic carbocycles. The number of ether oxygens (including phenoxy) is 2. The molecule has 51 heavy (non-hydrogen) atoms. The molecule has 0 saturated carbocycles. The van der Waals surface area contributed by atoms with E-state index in [-0.39, 0.29) is 5.41 Å². The minimum absolute atomic E-state index is 0.185. The van der Waals surface area contributed by atoms with E-state index in [1.807, 2.05) is 17.4 Å². The van der Waals surface area contributed by atoms with Crippen molar-refractivity contribution < 1.29 is 9.47 Å². The lowest BCUT2D eigenvalue weighted by molar-refractivity contribution is 0.327. The summed E-state index contributed by atoms with van der Waals surface area (Å²) in [4.78, 5) is 4.97. The predicted octanol–water partition coefficient (Wildman–Crippen LogP) is 13.0. The van der Waals surface area contributed by atoms with Gasteiger partial charge in [-0.15, -0.1) is 11.3 Å². The van der Waals surface area contributed by atoms with E-state index in [1.165, 1.54) is 68.8 Å². The Kier molecular flexibility index (Phi) is 9.26. The van der Waals surface area contributed by atoms with Crippen LogP contribution in [-0.2, 0) is 6.42 Å². The molecule has 0 bridgehead atoms. The number of fused-ring (bicyclic) bond motifs is 5. The predicted molar refractivity (Wildman–Crippen MR) is 221 cm³/mol. The van der Waals surface area contributed by atoms with Crippen LogP contribution < -0.4 is 14.4 Å². The second-order valence-electron chi connectivity index (χ2n) is 14.2. The Labute approximate surface area is 309 Å². The minimum atomic E-state index is 0.185. The van der Waals surface area contributed by atoms with E-state index in [9.17, 15) is 0 Å². The summed E-state index contributed by atoms with van der Waals surface area (Å²) in [5, 5.41) is 7.67. The van der Waals surface area contributed by atoms with Gasteiger partial charge in [-0.1, -0.05) is 117 Å². The third-order valence-electron chi connectivity index (χ3n) is 9.91. The number of allylic oxidation sites excluding steroid dienone is 6. The Balaban J connectivity index is 1.05. The van der Waals surface area contributed by atoms with Crippen molar-refractivity contribution in [1.82, 2.24) is 0 Å². The number of thioether (sulfide) groups is 1. The van der Waals surface area contributed by atoms with Crippen molar-refractivity contribution in [2.75, 3.05) is 25.2 Å². The highest BCUT2D eigenvalue weighted by Gasteiger charge is 2.27. The highest BCUT2D eigenvalue weighted by Crippen LogP contribution is 2.48. The molecule has 0 spiro atoms. The number of aryl methyl sites for hydroxylation is 1. The van der Waals surface area contributed by atoms with Crippen LogP contribution in [0.4, 0.5) is 5.69 Å². The van der Waals surface area contributed by atoms with Crippen molar-refractivity contribution in [2.45, 2.75) is 44.9 Å². The summed E-state index contributed by atoms with van der Waals surface area (Å²) in [6, 6.07) is 34.4. The Bertz CT molecular complexity index is 2390. The molecular formula is C46H43NO2S2. The monoisotopic (exact) mass is 705 g/mol. The summed E-state index contributed by atoms with van der Waals surface area (Å²) >= 11 is 3.74. The first-order valence-corrected chi connectivity index (χ1v) is 19.5. The van der Waals surface area contributed by atoms with Crippen molar-refractivity contribution in [3.8, 4) is 11.5 Å². The molecule has 1 aromatic heterocycles. The number of anilines is 1. The van der Waals surface area contributed by atoms with Crippen molar-refractivity contribution in [2.24, 2.45) is 5.41 Å². The number of hydrogen-bond donors (Lipinski definition) is 0. The first-order valence-electron chi connectivity index (χ1n) is 17.9. The van der Waals surface area contributed by atoms with Crippen molar-refractivity contribution in [3.05, 3.63) is 148 Å². The fourth-order valence-corrected chi connectivity index (χ4v) is 10.1. The summed E-state index contributed by atoms with van der Waals surface area (Å²) in [5.41, 5.74) is 5.61. The van der Waals surface area contributed by atoms with Gasteiger partial charge in [0.2, 0.25) is 0 Å². The van der Waals surface area contributed by atoms with Crippen LogP contribution in [0.1, 0.15) is 44.1 Å². The zero-order chi connectivity index (χ0) is 35.0. The molecule has 1 aliphatic heterocycles. The summed E-state index contributed by atoms with van der Waals surface area (Å²) < 4.78 is 13.3. The molecule has 2 heterocycles. The average molecular weight is 706 g/mol. The lowest BCUT2D eigenvalue weighted by Gasteiger charge is -2.30. The number of rotatable bonds is 9. The van der Waals surface area contributed by atoms with E-state index in [0.29, 0.717) is 6.61 Å². The second-order valence-corrected chi connectivity index (χ2v) is 16.3. The number of hydrogen-bond acceptors (Lipinski definition) is 5. The maximum absolute atomic E-state index is 6.29. The molecule has 0 unspecified atom stereocenters. The molecule has 0 N–H and O–H groups in total. The first kappa shape index (κ1) is 33.4. The van der Waals surface area contributed by atoms with Crippen molar-refractivity contribution >= 4 is 66.5 Å². The molecule has 0 atom stereocenters. The smallest absolute Gasteiger partial charge is 0.120 e. The van der Waals surface area contributed by atoms with Crippen LogP contribution >= 0.6 is 23.1 Å². The summed E-state index contributed by atoms with van der Waals surface area (Å²) in [6.45, 7) is 8.40. The van der Waals surface area contributed by atoms with Gasteiger partial charge in [0, 0.05) is 14.5 Å². The third kappa shape index (κ3) is 6.98. The van der Waals surface area contributed by atoms with Crippen LogP contribution in [-0.4, -0.2) is 20.3 Å². The molecule has 5 aromatic carbocycles. The quantitative estimate of drug-likeness (QED) is 0.149. The molecule has 0 amide bonds. The van der Waals surface area contributed by atoms with Gasteiger partial charge >= 0.3 is 0 Å². The summed E-state index contributed by atoms with van der Waals surface area (Å²) in [5.74, 6) is 1.77. The van der Waals surface area contributed by atoms with Gasteiger partial charge in [0.05, 0.1) is 24.4 Å². The molecular weight excluding hydrogens is 663 g/mol. The minimum Gasteiger partial charge on any atom is -0.497 e. The molecule has 2 aliphatic rings. The van der Waals surface area contributed by atoms with E-state index in [0.717, 1.165) is 37.3 Å². The van der Waals surface area contributed by atoms with Gasteiger partial charge in [0.15, 0.2) is 0 Å². The SMILES string of the molecule is CCc1c(/C=C2C=C(/C=C/C=C3\Sc4cc(OC)ccc4N3CCOc3ccc4ccccc4c3)CC(C)(C)C/2)sc2c1ccc1ccccc12. The molecule has 0 radical (unpaired) electrons. The Morgan fingerprint density at radius 2 is 1.61 bits per heavy atom. The average Bonchev–Trinajstić information content (AvgIpc) is 3.67. The zero-order valence-corrected chi connectivity index (χ0v) is 31.4. The molecule has 0 saturated heterocycles. The van der Waals surface area contributed by atoms with Gasteiger partial charge in [-0.3, -0.25) is 0 Å². The third-order valence-corrected chi connectivity index (χ3v) is 12.3. The largest absolute Gasteiger partial charge is 0.497 e. The van der Waals surface area contributed by atoms with Crippen molar-refractivity contribution in [3.63, 3.8) is 0 Å². The lowest BCUT2D eigenvalue weighted by Crippen LogP contribution is -2.24. The van der Waals surface area contributed by atoms with Gasteiger partial charge in [-0.05, 0) is 111 Å². The molecule has 0 fully saturated rings. The van der Waals surface area contributed by atoms with Crippen molar-refractivity contribution in [1.29, 1.82) is 0 Å². The van der Waals surface area contributed by atoms with Crippen LogP contribution in [0.15, 0.2) is 142 Å². The summed E-state index contributed by atoms with van der Waals surface area (Å²) in [6.07, 6.45) is 14.9. The van der Waals surface area contributed by atoms with E-state index in [4.69, 9.17) is 9.47 Å². The summed E-state index contributed by atoms with van der Waals surface area (Å²) in [7, 11) is 1.73. The lowest BCUT2D eigenvalue weighted by atomic mass is 9.75. The Morgan fingerprint density at radius 3 is 2.45 bits per heavy atom. The van der Waals surface area contributed by atoms with Crippen LogP contribution in [0.2, 0.25) is 0 Å². The fourth-order valence-electron chi connectivity index (χ4n) is 7.59. The Hall–Kier alpha value is -4.71. The van der Waals surface area contributed by atoms with E-state index in [1.54, 1.807) is 18.9 Å². The van der Waals surface area contributed by atoms with Gasteiger partial charge in [-0.25, -0.2) is 0 Å². The second kappa shape index (κ2) is 14.1. The highest BCUT2D eigenvalue weighted by molar-refractivity contribution is 8.03. The standard InChI is InChI=1S/C46H43NO2S2/c1-5-38-40-21-18-34-13-8-9-15-39(34)45(40)51-42(38)26-32-25-31(29-46(2,3)30-32)11-10-16-44-47(41-22-20-36(48-4)28-43(41)50-44)23-24-49-37-19-17-33-12-6-7-14-35(33)27-37/h6-22,25-28H,5,23-24,29-30H2,1-4H3/b11-10+,32-26-,44-16-. The van der Waals surface area contributed by atoms with Gasteiger partial charge in [-0.2, -0.15) is 0 Å². The van der Waals surface area contributed by atoms with Crippen LogP contribution in [0.5, 0.6) is 11.5 Å². The molecule has 256 valence electrons. The molecule has 5 heteroatoms. The van der Waals surface area contributed by atoms with Gasteiger partial charge in [0.25, 0.3) is 0 Å². The Morgan fingerprint density at radius 1 is 0.824 bits per heavy atom. The van der Waals surface area contributed by atoms with E-state index >= 15 is 0 Å². The van der Waals surface area contributed by atoms with Gasteiger partial charge < -0.3 is 14.4 Å². The van der Waals surface area contributed by atoms with Crippen LogP contribution in [0, 0.1) is 5.41 Å². The topological polar surface area (TPSA) is 21.7 Å². The maximum Gasteiger partial charge on any atom is 0.120 e. The highest BCUT2D eigenvalue weighted by atomic mass is 32.2.